The lowest BCUT2D eigenvalue weighted by molar-refractivity contribution is -0.0753. The molecule has 1 aromatic heterocycles. The maximum atomic E-state index is 13.7. The molecule has 1 saturated heterocycles. The predicted molar refractivity (Wildman–Crippen MR) is 60.9 cm³/mol. The van der Waals surface area contributed by atoms with Crippen LogP contribution < -0.4 is 4.90 Å². The van der Waals surface area contributed by atoms with Gasteiger partial charge in [-0.1, -0.05) is 0 Å². The van der Waals surface area contributed by atoms with Crippen LogP contribution in [0.15, 0.2) is 0 Å². The van der Waals surface area contributed by atoms with Gasteiger partial charge in [0, 0.05) is 13.1 Å². The van der Waals surface area contributed by atoms with Crippen molar-refractivity contribution in [2.75, 3.05) is 18.0 Å². The third-order valence-electron chi connectivity index (χ3n) is 2.86. The Morgan fingerprint density at radius 2 is 1.68 bits per heavy atom. The maximum absolute atomic E-state index is 13.7. The Morgan fingerprint density at radius 3 is 2.16 bits per heavy atom. The SMILES string of the molecule is CC1CN(c2c(F)c(F)nc(F)c2F)CC(C)(C)O1. The van der Waals surface area contributed by atoms with Crippen LogP contribution in [-0.4, -0.2) is 29.8 Å². The van der Waals surface area contributed by atoms with Gasteiger partial charge in [-0.3, -0.25) is 0 Å². The highest BCUT2D eigenvalue weighted by Gasteiger charge is 2.35. The summed E-state index contributed by atoms with van der Waals surface area (Å²) in [7, 11) is 0. The van der Waals surface area contributed by atoms with Gasteiger partial charge in [-0.05, 0) is 20.8 Å². The second-order valence-electron chi connectivity index (χ2n) is 5.24. The first-order valence-corrected chi connectivity index (χ1v) is 5.84. The van der Waals surface area contributed by atoms with Gasteiger partial charge >= 0.3 is 0 Å². The zero-order chi connectivity index (χ0) is 14.4. The third-order valence-corrected chi connectivity index (χ3v) is 2.86. The van der Waals surface area contributed by atoms with E-state index in [0.29, 0.717) is 0 Å². The zero-order valence-corrected chi connectivity index (χ0v) is 10.8. The van der Waals surface area contributed by atoms with E-state index < -0.39 is 34.8 Å². The Morgan fingerprint density at radius 1 is 1.16 bits per heavy atom. The minimum atomic E-state index is -1.65. The normalized spacial score (nSPS) is 22.7. The van der Waals surface area contributed by atoms with E-state index in [-0.39, 0.29) is 19.2 Å². The molecular formula is C12H14F4N2O. The fourth-order valence-corrected chi connectivity index (χ4v) is 2.38. The summed E-state index contributed by atoms with van der Waals surface area (Å²) in [5.41, 5.74) is -1.40. The molecular weight excluding hydrogens is 264 g/mol. The topological polar surface area (TPSA) is 25.4 Å². The number of morpholine rings is 1. The van der Waals surface area contributed by atoms with Crippen LogP contribution in [-0.2, 0) is 4.74 Å². The zero-order valence-electron chi connectivity index (χ0n) is 10.8. The molecule has 0 amide bonds. The summed E-state index contributed by atoms with van der Waals surface area (Å²) >= 11 is 0. The number of ether oxygens (including phenoxy) is 1. The van der Waals surface area contributed by atoms with Gasteiger partial charge in [0.25, 0.3) is 11.9 Å². The van der Waals surface area contributed by atoms with Gasteiger partial charge in [0.05, 0.1) is 11.7 Å². The lowest BCUT2D eigenvalue weighted by Crippen LogP contribution is -2.52. The van der Waals surface area contributed by atoms with Crippen molar-refractivity contribution >= 4 is 5.69 Å². The summed E-state index contributed by atoms with van der Waals surface area (Å²) < 4.78 is 59.2. The van der Waals surface area contributed by atoms with E-state index >= 15 is 0 Å². The van der Waals surface area contributed by atoms with Crippen LogP contribution in [0, 0.1) is 23.5 Å². The van der Waals surface area contributed by atoms with Crippen molar-refractivity contribution in [3.8, 4) is 0 Å². The number of halogens is 4. The van der Waals surface area contributed by atoms with Crippen molar-refractivity contribution in [3.63, 3.8) is 0 Å². The molecule has 19 heavy (non-hydrogen) atoms. The van der Waals surface area contributed by atoms with E-state index in [4.69, 9.17) is 4.74 Å². The summed E-state index contributed by atoms with van der Waals surface area (Å²) in [5, 5.41) is 0. The Balaban J connectivity index is 2.47. The van der Waals surface area contributed by atoms with Gasteiger partial charge in [0.15, 0.2) is 0 Å². The standard InChI is InChI=1S/C12H14F4N2O/c1-6-4-18(5-12(2,3)19-6)9-7(13)10(15)17-11(16)8(9)14/h6H,4-5H2,1-3H3. The molecule has 2 rings (SSSR count). The Bertz CT molecular complexity index is 481. The quantitative estimate of drug-likeness (QED) is 0.583. The molecule has 7 heteroatoms. The molecule has 0 aliphatic carbocycles. The molecule has 1 atom stereocenters. The summed E-state index contributed by atoms with van der Waals surface area (Å²) in [6, 6.07) is 0. The number of aromatic nitrogens is 1. The van der Waals surface area contributed by atoms with Crippen molar-refractivity contribution in [1.29, 1.82) is 0 Å². The van der Waals surface area contributed by atoms with Crippen LogP contribution in [0.1, 0.15) is 20.8 Å². The largest absolute Gasteiger partial charge is 0.369 e. The average Bonchev–Trinajstić information content (AvgIpc) is 2.24. The second-order valence-corrected chi connectivity index (χ2v) is 5.24. The highest BCUT2D eigenvalue weighted by molar-refractivity contribution is 5.49. The number of hydrogen-bond acceptors (Lipinski definition) is 3. The summed E-state index contributed by atoms with van der Waals surface area (Å²) in [6.07, 6.45) is -0.318. The predicted octanol–water partition coefficient (Wildman–Crippen LogP) is 2.64. The minimum Gasteiger partial charge on any atom is -0.369 e. The molecule has 0 bridgehead atoms. The number of rotatable bonds is 1. The third kappa shape index (κ3) is 2.65. The van der Waals surface area contributed by atoms with Gasteiger partial charge in [-0.2, -0.15) is 22.5 Å². The molecule has 106 valence electrons. The second kappa shape index (κ2) is 4.63. The lowest BCUT2D eigenvalue weighted by Gasteiger charge is -2.42. The molecule has 1 aliphatic rings. The van der Waals surface area contributed by atoms with Crippen LogP contribution >= 0.6 is 0 Å². The van der Waals surface area contributed by atoms with Crippen LogP contribution in [0.5, 0.6) is 0 Å². The Labute approximate surface area is 108 Å². The van der Waals surface area contributed by atoms with E-state index in [2.05, 4.69) is 4.98 Å². The minimum absolute atomic E-state index is 0.119. The first-order chi connectivity index (χ1) is 8.71. The average molecular weight is 278 g/mol. The van der Waals surface area contributed by atoms with Gasteiger partial charge in [0.2, 0.25) is 11.6 Å². The highest BCUT2D eigenvalue weighted by Crippen LogP contribution is 2.31. The first kappa shape index (κ1) is 14.0. The van der Waals surface area contributed by atoms with Crippen molar-refractivity contribution < 1.29 is 22.3 Å². The Hall–Kier alpha value is -1.37. The molecule has 0 N–H and O–H groups in total. The summed E-state index contributed by atoms with van der Waals surface area (Å²) in [4.78, 5) is 3.79. The van der Waals surface area contributed by atoms with Gasteiger partial charge in [-0.15, -0.1) is 0 Å². The van der Waals surface area contributed by atoms with E-state index in [1.165, 1.54) is 4.90 Å². The van der Waals surface area contributed by atoms with Gasteiger partial charge < -0.3 is 9.64 Å². The van der Waals surface area contributed by atoms with E-state index in [9.17, 15) is 17.6 Å². The van der Waals surface area contributed by atoms with Crippen LogP contribution in [0.25, 0.3) is 0 Å². The molecule has 1 aliphatic heterocycles. The summed E-state index contributed by atoms with van der Waals surface area (Å²) in [5.74, 6) is -6.26. The van der Waals surface area contributed by atoms with Crippen molar-refractivity contribution in [1.82, 2.24) is 4.98 Å². The van der Waals surface area contributed by atoms with Crippen LogP contribution in [0.4, 0.5) is 23.2 Å². The fraction of sp³-hybridized carbons (Fsp3) is 0.583. The van der Waals surface area contributed by atoms with E-state index in [0.717, 1.165) is 0 Å². The van der Waals surface area contributed by atoms with Crippen LogP contribution in [0.3, 0.4) is 0 Å². The lowest BCUT2D eigenvalue weighted by atomic mass is 10.0. The molecule has 0 spiro atoms. The summed E-state index contributed by atoms with van der Waals surface area (Å²) in [6.45, 7) is 5.45. The monoisotopic (exact) mass is 278 g/mol. The number of nitrogens with zero attached hydrogens (tertiary/aromatic N) is 2. The molecule has 0 saturated carbocycles. The highest BCUT2D eigenvalue weighted by atomic mass is 19.2. The molecule has 0 radical (unpaired) electrons. The van der Waals surface area contributed by atoms with Crippen molar-refractivity contribution in [2.45, 2.75) is 32.5 Å². The molecule has 0 aromatic carbocycles. The van der Waals surface area contributed by atoms with E-state index in [1.807, 2.05) is 0 Å². The molecule has 1 unspecified atom stereocenters. The molecule has 1 fully saturated rings. The molecule has 1 aromatic rings. The van der Waals surface area contributed by atoms with Gasteiger partial charge in [-0.25, -0.2) is 0 Å². The van der Waals surface area contributed by atoms with Crippen molar-refractivity contribution in [2.24, 2.45) is 0 Å². The maximum Gasteiger partial charge on any atom is 0.253 e. The number of pyridine rings is 1. The van der Waals surface area contributed by atoms with Gasteiger partial charge in [0.1, 0.15) is 5.69 Å². The first-order valence-electron chi connectivity index (χ1n) is 5.84. The number of hydrogen-bond donors (Lipinski definition) is 0. The smallest absolute Gasteiger partial charge is 0.253 e. The Kier molecular flexibility index (Phi) is 3.42. The number of anilines is 1. The van der Waals surface area contributed by atoms with Crippen molar-refractivity contribution in [3.05, 3.63) is 23.5 Å². The van der Waals surface area contributed by atoms with E-state index in [1.54, 1.807) is 20.8 Å². The molecule has 3 nitrogen and oxygen atoms in total. The molecule has 2 heterocycles. The van der Waals surface area contributed by atoms with Crippen LogP contribution in [0.2, 0.25) is 0 Å². The fourth-order valence-electron chi connectivity index (χ4n) is 2.38.